The van der Waals surface area contributed by atoms with Crippen LogP contribution in [0, 0.1) is 0 Å². The topological polar surface area (TPSA) is 75.2 Å². The number of nitrogen functional groups attached to an aromatic ring is 1. The fraction of sp³-hybridized carbons (Fsp3) is 0.263. The highest BCUT2D eigenvalue weighted by atomic mass is 35.5. The van der Waals surface area contributed by atoms with E-state index in [0.717, 1.165) is 33.6 Å². The van der Waals surface area contributed by atoms with E-state index < -0.39 is 0 Å². The standard InChI is InChI=1S/C19H21ClN4O2S2/c1-25-14-6-4-7-15(12-14)26-13-18-22-23-19(24(18)21)28-11-5-10-27-17-9-3-2-8-16(17)20/h2-4,6-9,12H,5,10-11,13,21H2,1H3. The molecule has 0 aliphatic rings. The predicted octanol–water partition coefficient (Wildman–Crippen LogP) is 4.51. The summed E-state index contributed by atoms with van der Waals surface area (Å²) in [5.41, 5.74) is 0. The Bertz CT molecular complexity index is 907. The molecule has 0 spiro atoms. The van der Waals surface area contributed by atoms with Crippen LogP contribution < -0.4 is 15.3 Å². The van der Waals surface area contributed by atoms with Gasteiger partial charge in [0.1, 0.15) is 18.1 Å². The number of benzene rings is 2. The maximum absolute atomic E-state index is 6.16. The largest absolute Gasteiger partial charge is 0.497 e. The van der Waals surface area contributed by atoms with E-state index in [1.54, 1.807) is 30.6 Å². The van der Waals surface area contributed by atoms with Crippen molar-refractivity contribution in [3.63, 3.8) is 0 Å². The number of nitrogens with zero attached hydrogens (tertiary/aromatic N) is 3. The van der Waals surface area contributed by atoms with Crippen molar-refractivity contribution in [2.75, 3.05) is 24.5 Å². The molecule has 0 aliphatic heterocycles. The Morgan fingerprint density at radius 3 is 2.64 bits per heavy atom. The Morgan fingerprint density at radius 1 is 1.04 bits per heavy atom. The van der Waals surface area contributed by atoms with Crippen LogP contribution in [0.4, 0.5) is 0 Å². The number of hydrogen-bond acceptors (Lipinski definition) is 7. The van der Waals surface area contributed by atoms with E-state index in [0.29, 0.717) is 16.7 Å². The van der Waals surface area contributed by atoms with E-state index in [2.05, 4.69) is 10.2 Å². The minimum atomic E-state index is 0.236. The van der Waals surface area contributed by atoms with Crippen LogP contribution in [0.3, 0.4) is 0 Å². The van der Waals surface area contributed by atoms with Crippen LogP contribution in [0.5, 0.6) is 11.5 Å². The normalized spacial score (nSPS) is 10.8. The number of aromatic nitrogens is 3. The van der Waals surface area contributed by atoms with E-state index in [1.165, 1.54) is 4.68 Å². The summed E-state index contributed by atoms with van der Waals surface area (Å²) < 4.78 is 12.4. The number of thioether (sulfide) groups is 2. The molecule has 0 fully saturated rings. The maximum Gasteiger partial charge on any atom is 0.209 e. The first-order valence-corrected chi connectivity index (χ1v) is 11.0. The summed E-state index contributed by atoms with van der Waals surface area (Å²) in [7, 11) is 1.62. The van der Waals surface area contributed by atoms with Crippen molar-refractivity contribution in [1.29, 1.82) is 0 Å². The van der Waals surface area contributed by atoms with Crippen LogP contribution in [0.2, 0.25) is 5.02 Å². The lowest BCUT2D eigenvalue weighted by atomic mass is 10.3. The molecule has 0 amide bonds. The summed E-state index contributed by atoms with van der Waals surface area (Å²) in [6.45, 7) is 0.236. The first kappa shape index (κ1) is 20.7. The van der Waals surface area contributed by atoms with Gasteiger partial charge in [0, 0.05) is 16.7 Å². The Hall–Kier alpha value is -2.03. The second-order valence-corrected chi connectivity index (χ2v) is 8.32. The molecule has 0 atom stereocenters. The van der Waals surface area contributed by atoms with Gasteiger partial charge in [0.15, 0.2) is 5.82 Å². The first-order valence-electron chi connectivity index (χ1n) is 8.63. The molecule has 1 aromatic heterocycles. The lowest BCUT2D eigenvalue weighted by Crippen LogP contribution is -2.15. The van der Waals surface area contributed by atoms with E-state index in [9.17, 15) is 0 Å². The fourth-order valence-electron chi connectivity index (χ4n) is 2.31. The molecule has 6 nitrogen and oxygen atoms in total. The lowest BCUT2D eigenvalue weighted by molar-refractivity contribution is 0.289. The Morgan fingerprint density at radius 2 is 1.82 bits per heavy atom. The molecule has 3 rings (SSSR count). The van der Waals surface area contributed by atoms with Crippen molar-refractivity contribution in [1.82, 2.24) is 14.9 Å². The lowest BCUT2D eigenvalue weighted by Gasteiger charge is -2.07. The molecule has 9 heteroatoms. The van der Waals surface area contributed by atoms with Gasteiger partial charge in [-0.1, -0.05) is 41.6 Å². The summed E-state index contributed by atoms with van der Waals surface area (Å²) in [6, 6.07) is 15.3. The summed E-state index contributed by atoms with van der Waals surface area (Å²) in [5, 5.41) is 9.74. The minimum absolute atomic E-state index is 0.236. The molecule has 0 bridgehead atoms. The van der Waals surface area contributed by atoms with Gasteiger partial charge in [-0.3, -0.25) is 0 Å². The molecule has 1 heterocycles. The van der Waals surface area contributed by atoms with Crippen molar-refractivity contribution in [2.45, 2.75) is 23.1 Å². The van der Waals surface area contributed by atoms with E-state index in [4.69, 9.17) is 26.9 Å². The van der Waals surface area contributed by atoms with Crippen LogP contribution in [-0.4, -0.2) is 33.5 Å². The molecule has 2 aromatic carbocycles. The van der Waals surface area contributed by atoms with E-state index in [1.807, 2.05) is 48.5 Å². The minimum Gasteiger partial charge on any atom is -0.497 e. The molecule has 28 heavy (non-hydrogen) atoms. The number of methoxy groups -OCH3 is 1. The molecule has 0 saturated carbocycles. The summed E-state index contributed by atoms with van der Waals surface area (Å²) in [6.07, 6.45) is 1.00. The number of halogens is 1. The average molecular weight is 437 g/mol. The van der Waals surface area contributed by atoms with Crippen molar-refractivity contribution >= 4 is 35.1 Å². The number of ether oxygens (including phenoxy) is 2. The molecule has 148 valence electrons. The van der Waals surface area contributed by atoms with Crippen molar-refractivity contribution in [3.05, 3.63) is 59.4 Å². The van der Waals surface area contributed by atoms with Gasteiger partial charge in [-0.25, -0.2) is 4.68 Å². The number of hydrogen-bond donors (Lipinski definition) is 1. The third-order valence-electron chi connectivity index (χ3n) is 3.76. The van der Waals surface area contributed by atoms with Crippen LogP contribution in [0.15, 0.2) is 58.6 Å². The van der Waals surface area contributed by atoms with Gasteiger partial charge in [-0.2, -0.15) is 0 Å². The van der Waals surface area contributed by atoms with Gasteiger partial charge >= 0.3 is 0 Å². The second kappa shape index (κ2) is 10.5. The van der Waals surface area contributed by atoms with Crippen LogP contribution in [0.25, 0.3) is 0 Å². The van der Waals surface area contributed by atoms with Crippen LogP contribution >= 0.6 is 35.1 Å². The Balaban J connectivity index is 1.43. The van der Waals surface area contributed by atoms with Crippen LogP contribution in [-0.2, 0) is 6.61 Å². The highest BCUT2D eigenvalue weighted by Crippen LogP contribution is 2.28. The average Bonchev–Trinajstić information content (AvgIpc) is 3.07. The van der Waals surface area contributed by atoms with Gasteiger partial charge < -0.3 is 15.3 Å². The molecule has 0 aliphatic carbocycles. The first-order chi connectivity index (χ1) is 13.7. The van der Waals surface area contributed by atoms with E-state index in [-0.39, 0.29) is 6.61 Å². The van der Waals surface area contributed by atoms with Gasteiger partial charge in [0.05, 0.1) is 12.1 Å². The maximum atomic E-state index is 6.16. The third-order valence-corrected chi connectivity index (χ3v) is 6.39. The summed E-state index contributed by atoms with van der Waals surface area (Å²) in [5.74, 6) is 9.95. The van der Waals surface area contributed by atoms with Gasteiger partial charge in [-0.05, 0) is 36.4 Å². The smallest absolute Gasteiger partial charge is 0.209 e. The van der Waals surface area contributed by atoms with Crippen molar-refractivity contribution in [3.8, 4) is 11.5 Å². The summed E-state index contributed by atoms with van der Waals surface area (Å²) in [4.78, 5) is 1.10. The quantitative estimate of drug-likeness (QED) is 0.284. The SMILES string of the molecule is COc1cccc(OCc2nnc(SCCCSc3ccccc3Cl)n2N)c1. The van der Waals surface area contributed by atoms with Gasteiger partial charge in [0.25, 0.3) is 0 Å². The Labute approximate surface area is 177 Å². The number of rotatable bonds is 10. The van der Waals surface area contributed by atoms with Crippen LogP contribution in [0.1, 0.15) is 12.2 Å². The summed E-state index contributed by atoms with van der Waals surface area (Å²) >= 11 is 9.49. The van der Waals surface area contributed by atoms with Gasteiger partial charge in [-0.15, -0.1) is 22.0 Å². The monoisotopic (exact) mass is 436 g/mol. The molecular formula is C19H21ClN4O2S2. The third kappa shape index (κ3) is 5.73. The fourth-order valence-corrected chi connectivity index (χ4v) is 4.49. The number of nitrogens with two attached hydrogens (primary N) is 1. The van der Waals surface area contributed by atoms with E-state index >= 15 is 0 Å². The zero-order valence-corrected chi connectivity index (χ0v) is 17.8. The Kier molecular flexibility index (Phi) is 7.76. The molecule has 3 aromatic rings. The predicted molar refractivity (Wildman–Crippen MR) is 115 cm³/mol. The highest BCUT2D eigenvalue weighted by Gasteiger charge is 2.11. The molecule has 0 radical (unpaired) electrons. The van der Waals surface area contributed by atoms with Crippen molar-refractivity contribution in [2.24, 2.45) is 0 Å². The zero-order chi connectivity index (χ0) is 19.8. The molecule has 0 unspecified atom stereocenters. The molecule has 2 N–H and O–H groups in total. The molecular weight excluding hydrogens is 416 g/mol. The van der Waals surface area contributed by atoms with Gasteiger partial charge in [0.2, 0.25) is 5.16 Å². The zero-order valence-electron chi connectivity index (χ0n) is 15.4. The molecule has 0 saturated heterocycles. The van der Waals surface area contributed by atoms with Crippen molar-refractivity contribution < 1.29 is 9.47 Å². The highest BCUT2D eigenvalue weighted by molar-refractivity contribution is 8.00. The second-order valence-electron chi connectivity index (χ2n) is 5.72.